The summed E-state index contributed by atoms with van der Waals surface area (Å²) < 4.78 is 2.06. The lowest BCUT2D eigenvalue weighted by atomic mass is 10.0. The highest BCUT2D eigenvalue weighted by molar-refractivity contribution is 9.11. The van der Waals surface area contributed by atoms with E-state index >= 15 is 0 Å². The lowest BCUT2D eigenvalue weighted by Crippen LogP contribution is -1.94. The summed E-state index contributed by atoms with van der Waals surface area (Å²) in [7, 11) is 0. The Balaban J connectivity index is 2.36. The van der Waals surface area contributed by atoms with Crippen molar-refractivity contribution in [2.45, 2.75) is 12.3 Å². The number of alkyl halides is 1. The summed E-state index contributed by atoms with van der Waals surface area (Å²) in [6, 6.07) is 14.4. The van der Waals surface area contributed by atoms with Crippen molar-refractivity contribution in [3.8, 4) is 0 Å². The Morgan fingerprint density at radius 1 is 1.00 bits per heavy atom. The fourth-order valence-corrected chi connectivity index (χ4v) is 3.37. The molecule has 0 saturated carbocycles. The average molecular weight is 375 g/mol. The van der Waals surface area contributed by atoms with Crippen LogP contribution in [0.15, 0.2) is 51.4 Å². The first kappa shape index (κ1) is 13.1. The van der Waals surface area contributed by atoms with E-state index < -0.39 is 0 Å². The van der Waals surface area contributed by atoms with Crippen LogP contribution in [0.25, 0.3) is 0 Å². The first-order valence-corrected chi connectivity index (χ1v) is 7.26. The van der Waals surface area contributed by atoms with E-state index in [2.05, 4.69) is 63.0 Å². The molecule has 17 heavy (non-hydrogen) atoms. The molecular formula is C14H11Br2Cl. The average Bonchev–Trinajstić information content (AvgIpc) is 2.29. The Bertz CT molecular complexity index is 520. The first-order chi connectivity index (χ1) is 8.08. The van der Waals surface area contributed by atoms with E-state index in [1.54, 1.807) is 0 Å². The van der Waals surface area contributed by atoms with E-state index in [9.17, 15) is 0 Å². The molecule has 0 radical (unpaired) electrons. The van der Waals surface area contributed by atoms with E-state index in [0.29, 0.717) is 0 Å². The zero-order valence-electron chi connectivity index (χ0n) is 9.25. The molecule has 0 bridgehead atoms. The van der Waals surface area contributed by atoms with Crippen molar-refractivity contribution < 1.29 is 0 Å². The van der Waals surface area contributed by atoms with Crippen LogP contribution in [0.3, 0.4) is 0 Å². The molecule has 3 heteroatoms. The molecule has 2 aromatic carbocycles. The second-order valence-corrected chi connectivity index (χ2v) is 6.15. The molecule has 2 aromatic rings. The van der Waals surface area contributed by atoms with Gasteiger partial charge in [0.05, 0.1) is 5.38 Å². The lowest BCUT2D eigenvalue weighted by molar-refractivity contribution is 1.12. The fraction of sp³-hybridized carbons (Fsp3) is 0.143. The topological polar surface area (TPSA) is 0 Å². The van der Waals surface area contributed by atoms with Crippen molar-refractivity contribution in [2.75, 3.05) is 0 Å². The van der Waals surface area contributed by atoms with Gasteiger partial charge in [-0.25, -0.2) is 0 Å². The maximum absolute atomic E-state index is 6.50. The third kappa shape index (κ3) is 3.12. The summed E-state index contributed by atoms with van der Waals surface area (Å²) >= 11 is 13.5. The number of halogens is 3. The van der Waals surface area contributed by atoms with E-state index in [1.807, 2.05) is 18.2 Å². The van der Waals surface area contributed by atoms with Gasteiger partial charge in [-0.3, -0.25) is 0 Å². The SMILES string of the molecule is Cc1ccc(C(Cl)c2ccc(Br)cc2Br)cc1. The third-order valence-electron chi connectivity index (χ3n) is 2.61. The second-order valence-electron chi connectivity index (χ2n) is 3.94. The van der Waals surface area contributed by atoms with E-state index in [-0.39, 0.29) is 5.38 Å². The zero-order chi connectivity index (χ0) is 12.4. The monoisotopic (exact) mass is 372 g/mol. The quantitative estimate of drug-likeness (QED) is 0.579. The molecular weight excluding hydrogens is 363 g/mol. The maximum Gasteiger partial charge on any atom is 0.0846 e. The van der Waals surface area contributed by atoms with Crippen molar-refractivity contribution in [1.29, 1.82) is 0 Å². The van der Waals surface area contributed by atoms with Gasteiger partial charge in [0.1, 0.15) is 0 Å². The molecule has 0 heterocycles. The van der Waals surface area contributed by atoms with Gasteiger partial charge >= 0.3 is 0 Å². The fourth-order valence-electron chi connectivity index (χ4n) is 1.62. The van der Waals surface area contributed by atoms with Gasteiger partial charge in [0.15, 0.2) is 0 Å². The van der Waals surface area contributed by atoms with Crippen molar-refractivity contribution in [1.82, 2.24) is 0 Å². The van der Waals surface area contributed by atoms with Gasteiger partial charge in [0.2, 0.25) is 0 Å². The molecule has 2 rings (SSSR count). The van der Waals surface area contributed by atoms with Gasteiger partial charge in [-0.1, -0.05) is 67.8 Å². The summed E-state index contributed by atoms with van der Waals surface area (Å²) in [6.07, 6.45) is 0. The lowest BCUT2D eigenvalue weighted by Gasteiger charge is -2.13. The number of hydrogen-bond donors (Lipinski definition) is 0. The smallest absolute Gasteiger partial charge is 0.0846 e. The predicted octanol–water partition coefficient (Wildman–Crippen LogP) is 5.85. The van der Waals surface area contributed by atoms with Crippen molar-refractivity contribution >= 4 is 43.5 Å². The predicted molar refractivity (Wildman–Crippen MR) is 80.7 cm³/mol. The minimum absolute atomic E-state index is 0.127. The van der Waals surface area contributed by atoms with Crippen LogP contribution in [-0.2, 0) is 0 Å². The van der Waals surface area contributed by atoms with Crippen molar-refractivity contribution in [2.24, 2.45) is 0 Å². The third-order valence-corrected chi connectivity index (χ3v) is 4.27. The van der Waals surface area contributed by atoms with Crippen LogP contribution in [0.5, 0.6) is 0 Å². The molecule has 0 aliphatic rings. The van der Waals surface area contributed by atoms with Gasteiger partial charge < -0.3 is 0 Å². The zero-order valence-corrected chi connectivity index (χ0v) is 13.2. The molecule has 0 amide bonds. The molecule has 0 aliphatic carbocycles. The molecule has 0 N–H and O–H groups in total. The van der Waals surface area contributed by atoms with E-state index in [1.165, 1.54) is 5.56 Å². The Morgan fingerprint density at radius 2 is 1.65 bits per heavy atom. The Hall–Kier alpha value is -0.310. The van der Waals surface area contributed by atoms with E-state index in [4.69, 9.17) is 11.6 Å². The molecule has 0 spiro atoms. The molecule has 1 unspecified atom stereocenters. The molecule has 0 aromatic heterocycles. The summed E-state index contributed by atoms with van der Waals surface area (Å²) in [5, 5.41) is -0.127. The highest BCUT2D eigenvalue weighted by Crippen LogP contribution is 2.35. The van der Waals surface area contributed by atoms with Gasteiger partial charge in [0, 0.05) is 8.95 Å². The molecule has 1 atom stereocenters. The van der Waals surface area contributed by atoms with Gasteiger partial charge in [0.25, 0.3) is 0 Å². The molecule has 0 saturated heterocycles. The van der Waals surface area contributed by atoms with Crippen LogP contribution < -0.4 is 0 Å². The summed E-state index contributed by atoms with van der Waals surface area (Å²) in [6.45, 7) is 2.07. The van der Waals surface area contributed by atoms with Crippen LogP contribution in [0.4, 0.5) is 0 Å². The minimum Gasteiger partial charge on any atom is -0.113 e. The number of benzene rings is 2. The first-order valence-electron chi connectivity index (χ1n) is 5.23. The van der Waals surface area contributed by atoms with Crippen LogP contribution in [0, 0.1) is 6.92 Å². The summed E-state index contributed by atoms with van der Waals surface area (Å²) in [4.78, 5) is 0. The highest BCUT2D eigenvalue weighted by atomic mass is 79.9. The normalized spacial score (nSPS) is 12.5. The molecule has 0 fully saturated rings. The maximum atomic E-state index is 6.50. The van der Waals surface area contributed by atoms with Crippen LogP contribution >= 0.6 is 43.5 Å². The van der Waals surface area contributed by atoms with Gasteiger partial charge in [-0.15, -0.1) is 11.6 Å². The van der Waals surface area contributed by atoms with E-state index in [0.717, 1.165) is 20.1 Å². The largest absolute Gasteiger partial charge is 0.113 e. The van der Waals surface area contributed by atoms with Crippen molar-refractivity contribution in [3.63, 3.8) is 0 Å². The summed E-state index contributed by atoms with van der Waals surface area (Å²) in [5.74, 6) is 0. The number of aryl methyl sites for hydroxylation is 1. The number of rotatable bonds is 2. The Morgan fingerprint density at radius 3 is 2.24 bits per heavy atom. The number of hydrogen-bond acceptors (Lipinski definition) is 0. The van der Waals surface area contributed by atoms with Crippen LogP contribution in [-0.4, -0.2) is 0 Å². The Kier molecular flexibility index (Phi) is 4.29. The second kappa shape index (κ2) is 5.55. The summed E-state index contributed by atoms with van der Waals surface area (Å²) in [5.41, 5.74) is 3.44. The highest BCUT2D eigenvalue weighted by Gasteiger charge is 2.13. The standard InChI is InChI=1S/C14H11Br2Cl/c1-9-2-4-10(5-3-9)14(17)12-7-6-11(15)8-13(12)16/h2-8,14H,1H3. The molecule has 0 aliphatic heterocycles. The van der Waals surface area contributed by atoms with Gasteiger partial charge in [-0.05, 0) is 30.2 Å². The van der Waals surface area contributed by atoms with Gasteiger partial charge in [-0.2, -0.15) is 0 Å². The minimum atomic E-state index is -0.127. The molecule has 0 nitrogen and oxygen atoms in total. The van der Waals surface area contributed by atoms with Crippen LogP contribution in [0.2, 0.25) is 0 Å². The Labute approximate surface area is 123 Å². The molecule has 88 valence electrons. The van der Waals surface area contributed by atoms with Crippen LogP contribution in [0.1, 0.15) is 22.1 Å². The van der Waals surface area contributed by atoms with Crippen molar-refractivity contribution in [3.05, 3.63) is 68.1 Å².